The second-order valence-corrected chi connectivity index (χ2v) is 9.96. The lowest BCUT2D eigenvalue weighted by Gasteiger charge is -2.22. The molecule has 174 valence electrons. The maximum Gasteiger partial charge on any atom is 0.301 e. The molecule has 2 aliphatic heterocycles. The van der Waals surface area contributed by atoms with Crippen LogP contribution in [0.2, 0.25) is 5.02 Å². The Kier molecular flexibility index (Phi) is 5.09. The molecule has 1 saturated heterocycles. The Morgan fingerprint density at radius 1 is 1.20 bits per heavy atom. The Morgan fingerprint density at radius 3 is 2.86 bits per heavy atom. The molecule has 0 aliphatic carbocycles. The Hall–Kier alpha value is -3.75. The maximum absolute atomic E-state index is 13.3. The average Bonchev–Trinajstić information content (AvgIpc) is 3.51. The number of amides is 1. The highest BCUT2D eigenvalue weighted by atomic mass is 35.5. The first-order valence-corrected chi connectivity index (χ1v) is 12.2. The Morgan fingerprint density at radius 2 is 2.06 bits per heavy atom. The van der Waals surface area contributed by atoms with Crippen LogP contribution in [0.3, 0.4) is 0 Å². The molecule has 0 spiro atoms. The number of aromatic nitrogens is 2. The van der Waals surface area contributed by atoms with Crippen molar-refractivity contribution in [3.8, 4) is 5.75 Å². The fraction of sp³-hybridized carbons (Fsp3) is 0.154. The van der Waals surface area contributed by atoms with Crippen LogP contribution in [0.4, 0.5) is 5.13 Å². The fourth-order valence-corrected chi connectivity index (χ4v) is 5.87. The number of carbonyl (C=O) groups is 2. The van der Waals surface area contributed by atoms with Crippen LogP contribution >= 0.6 is 22.9 Å². The lowest BCUT2D eigenvalue weighted by Crippen LogP contribution is -2.29. The number of ketones is 1. The maximum atomic E-state index is 13.3. The number of carbonyl (C=O) groups excluding carboxylic acids is 2. The van der Waals surface area contributed by atoms with E-state index in [1.807, 2.05) is 13.0 Å². The van der Waals surface area contributed by atoms with Crippen LogP contribution in [-0.4, -0.2) is 32.9 Å². The van der Waals surface area contributed by atoms with Crippen molar-refractivity contribution in [1.82, 2.24) is 9.97 Å². The molecular formula is C26H18ClN3O4S. The molecule has 0 bridgehead atoms. The summed E-state index contributed by atoms with van der Waals surface area (Å²) in [5.41, 5.74) is 2.63. The minimum Gasteiger partial charge on any atom is -0.507 e. The topological polar surface area (TPSA) is 92.6 Å². The van der Waals surface area contributed by atoms with Crippen molar-refractivity contribution in [3.05, 3.63) is 88.2 Å². The molecular weight excluding hydrogens is 486 g/mol. The molecule has 1 fully saturated rings. The zero-order valence-corrected chi connectivity index (χ0v) is 20.0. The smallest absolute Gasteiger partial charge is 0.301 e. The van der Waals surface area contributed by atoms with E-state index in [-0.39, 0.29) is 17.4 Å². The first kappa shape index (κ1) is 21.8. The number of aliphatic hydroxyl groups excluding tert-OH is 1. The van der Waals surface area contributed by atoms with Crippen molar-refractivity contribution in [2.24, 2.45) is 0 Å². The van der Waals surface area contributed by atoms with E-state index < -0.39 is 17.7 Å². The molecule has 4 heterocycles. The molecule has 0 unspecified atom stereocenters. The molecule has 0 radical (unpaired) electrons. The van der Waals surface area contributed by atoms with E-state index in [0.29, 0.717) is 33.2 Å². The van der Waals surface area contributed by atoms with E-state index in [1.54, 1.807) is 54.9 Å². The van der Waals surface area contributed by atoms with Gasteiger partial charge in [0.15, 0.2) is 5.13 Å². The number of pyridine rings is 1. The summed E-state index contributed by atoms with van der Waals surface area (Å²) in [6.45, 7) is 1.97. The highest BCUT2D eigenvalue weighted by Gasteiger charge is 2.48. The SMILES string of the molecule is C[C@@H]1Cc2cc(C(O)=C3C(=O)C(=O)N(c4nc5ccc(Cl)cc5s4)[C@H]3c3cccnc3)ccc2O1. The van der Waals surface area contributed by atoms with Crippen molar-refractivity contribution in [2.45, 2.75) is 25.5 Å². The molecule has 6 rings (SSSR count). The minimum absolute atomic E-state index is 0.00722. The second-order valence-electron chi connectivity index (χ2n) is 8.52. The van der Waals surface area contributed by atoms with Gasteiger partial charge in [-0.3, -0.25) is 19.5 Å². The lowest BCUT2D eigenvalue weighted by atomic mass is 9.95. The normalized spacial score (nSPS) is 20.9. The summed E-state index contributed by atoms with van der Waals surface area (Å²) in [5.74, 6) is -1.03. The third-order valence-electron chi connectivity index (χ3n) is 6.16. The standard InChI is InChI=1S/C26H18ClN3O4S/c1-13-9-16-10-14(4-7-19(16)34-13)23(31)21-22(15-3-2-8-28-12-15)30(25(33)24(21)32)26-29-18-6-5-17(27)11-20(18)35-26/h2-8,10-13,22,31H,9H2,1H3/t13-,22+/m1/s1. The fourth-order valence-electron chi connectivity index (χ4n) is 4.60. The number of rotatable bonds is 3. The summed E-state index contributed by atoms with van der Waals surface area (Å²) < 4.78 is 6.54. The largest absolute Gasteiger partial charge is 0.507 e. The van der Waals surface area contributed by atoms with Gasteiger partial charge in [0.25, 0.3) is 5.78 Å². The lowest BCUT2D eigenvalue weighted by molar-refractivity contribution is -0.132. The molecule has 1 N–H and O–H groups in total. The van der Waals surface area contributed by atoms with Crippen molar-refractivity contribution >= 4 is 55.7 Å². The number of benzene rings is 2. The van der Waals surface area contributed by atoms with E-state index in [9.17, 15) is 14.7 Å². The van der Waals surface area contributed by atoms with Gasteiger partial charge in [0.1, 0.15) is 17.6 Å². The Labute approximate surface area is 209 Å². The monoisotopic (exact) mass is 503 g/mol. The Balaban J connectivity index is 1.53. The zero-order valence-electron chi connectivity index (χ0n) is 18.4. The van der Waals surface area contributed by atoms with Gasteiger partial charge in [-0.25, -0.2) is 4.98 Å². The number of fused-ring (bicyclic) bond motifs is 2. The molecule has 2 atom stereocenters. The van der Waals surface area contributed by atoms with Gasteiger partial charge in [0.2, 0.25) is 0 Å². The van der Waals surface area contributed by atoms with Crippen LogP contribution in [-0.2, 0) is 16.0 Å². The quantitative estimate of drug-likeness (QED) is 0.232. The van der Waals surface area contributed by atoms with Gasteiger partial charge >= 0.3 is 5.91 Å². The third kappa shape index (κ3) is 3.57. The molecule has 0 saturated carbocycles. The van der Waals surface area contributed by atoms with E-state index in [0.717, 1.165) is 16.0 Å². The number of thiazole rings is 1. The van der Waals surface area contributed by atoms with Gasteiger partial charge in [0.05, 0.1) is 21.8 Å². The second kappa shape index (κ2) is 8.18. The summed E-state index contributed by atoms with van der Waals surface area (Å²) in [7, 11) is 0. The number of Topliss-reactive ketones (excluding diaryl/α,β-unsaturated/α-hetero) is 1. The first-order chi connectivity index (χ1) is 16.9. The average molecular weight is 504 g/mol. The van der Waals surface area contributed by atoms with E-state index in [2.05, 4.69) is 9.97 Å². The molecule has 2 aromatic carbocycles. The number of aliphatic hydroxyl groups is 1. The molecule has 35 heavy (non-hydrogen) atoms. The van der Waals surface area contributed by atoms with E-state index in [1.165, 1.54) is 16.2 Å². The number of ether oxygens (including phenoxy) is 1. The molecule has 4 aromatic rings. The zero-order chi connectivity index (χ0) is 24.3. The van der Waals surface area contributed by atoms with Crippen molar-refractivity contribution in [1.29, 1.82) is 0 Å². The van der Waals surface area contributed by atoms with Gasteiger partial charge in [-0.1, -0.05) is 29.0 Å². The van der Waals surface area contributed by atoms with Crippen LogP contribution in [0.15, 0.2) is 66.5 Å². The van der Waals surface area contributed by atoms with Crippen LogP contribution in [0.5, 0.6) is 5.75 Å². The van der Waals surface area contributed by atoms with Crippen LogP contribution in [0.1, 0.15) is 29.7 Å². The molecule has 2 aliphatic rings. The van der Waals surface area contributed by atoms with Crippen molar-refractivity contribution in [2.75, 3.05) is 4.90 Å². The van der Waals surface area contributed by atoms with E-state index in [4.69, 9.17) is 16.3 Å². The molecule has 2 aromatic heterocycles. The number of anilines is 1. The summed E-state index contributed by atoms with van der Waals surface area (Å²) in [6, 6.07) is 13.1. The number of hydrogen-bond acceptors (Lipinski definition) is 7. The Bertz CT molecular complexity index is 1550. The van der Waals surface area contributed by atoms with Gasteiger partial charge in [-0.05, 0) is 60.5 Å². The van der Waals surface area contributed by atoms with Gasteiger partial charge in [-0.2, -0.15) is 0 Å². The van der Waals surface area contributed by atoms with Gasteiger partial charge < -0.3 is 9.84 Å². The summed E-state index contributed by atoms with van der Waals surface area (Å²) in [4.78, 5) is 36.8. The number of halogens is 1. The molecule has 9 heteroatoms. The summed E-state index contributed by atoms with van der Waals surface area (Å²) in [5, 5.41) is 12.3. The first-order valence-electron chi connectivity index (χ1n) is 11.0. The van der Waals surface area contributed by atoms with Crippen LogP contribution < -0.4 is 9.64 Å². The van der Waals surface area contributed by atoms with Crippen molar-refractivity contribution < 1.29 is 19.4 Å². The summed E-state index contributed by atoms with van der Waals surface area (Å²) in [6.07, 6.45) is 3.93. The predicted molar refractivity (Wildman–Crippen MR) is 134 cm³/mol. The summed E-state index contributed by atoms with van der Waals surface area (Å²) >= 11 is 7.39. The highest BCUT2D eigenvalue weighted by molar-refractivity contribution is 7.22. The van der Waals surface area contributed by atoms with Crippen LogP contribution in [0.25, 0.3) is 16.0 Å². The van der Waals surface area contributed by atoms with Crippen molar-refractivity contribution in [3.63, 3.8) is 0 Å². The van der Waals surface area contributed by atoms with E-state index >= 15 is 0 Å². The predicted octanol–water partition coefficient (Wildman–Crippen LogP) is 5.29. The number of nitrogens with zero attached hydrogens (tertiary/aromatic N) is 3. The minimum atomic E-state index is -0.886. The molecule has 7 nitrogen and oxygen atoms in total. The van der Waals surface area contributed by atoms with Crippen LogP contribution in [0, 0.1) is 0 Å². The van der Waals surface area contributed by atoms with Gasteiger partial charge in [0, 0.05) is 29.4 Å². The third-order valence-corrected chi connectivity index (χ3v) is 7.41. The highest BCUT2D eigenvalue weighted by Crippen LogP contribution is 2.44. The molecule has 1 amide bonds. The van der Waals surface area contributed by atoms with Gasteiger partial charge in [-0.15, -0.1) is 0 Å². The number of hydrogen-bond donors (Lipinski definition) is 1.